The largest absolute Gasteiger partial charge is 0.321 e. The maximum Gasteiger partial charge on any atom is 0.274 e. The van der Waals surface area contributed by atoms with E-state index in [9.17, 15) is 13.2 Å². The van der Waals surface area contributed by atoms with E-state index in [0.29, 0.717) is 10.7 Å². The van der Waals surface area contributed by atoms with Gasteiger partial charge < -0.3 is 5.32 Å². The van der Waals surface area contributed by atoms with Crippen LogP contribution < -0.4 is 10.0 Å². The Morgan fingerprint density at radius 3 is 2.41 bits per heavy atom. The standard InChI is InChI=1S/C14H14ClN3O3S/c1-22(20,21)17-8-10-2-5-12(6-3-10)18-14(19)13-7-4-11(15)9-16-13/h2-7,9,17H,8H2,1H3,(H,18,19). The summed E-state index contributed by atoms with van der Waals surface area (Å²) in [6.07, 6.45) is 2.50. The van der Waals surface area contributed by atoms with Crippen LogP contribution in [0.15, 0.2) is 42.6 Å². The molecule has 0 saturated carbocycles. The number of sulfonamides is 1. The topological polar surface area (TPSA) is 88.2 Å². The molecule has 0 unspecified atom stereocenters. The van der Waals surface area contributed by atoms with E-state index >= 15 is 0 Å². The van der Waals surface area contributed by atoms with Crippen LogP contribution >= 0.6 is 11.6 Å². The first-order valence-electron chi connectivity index (χ1n) is 6.30. The number of benzene rings is 1. The Balaban J connectivity index is 1.99. The van der Waals surface area contributed by atoms with Gasteiger partial charge >= 0.3 is 0 Å². The minimum absolute atomic E-state index is 0.200. The summed E-state index contributed by atoms with van der Waals surface area (Å²) in [4.78, 5) is 15.9. The van der Waals surface area contributed by atoms with E-state index in [-0.39, 0.29) is 18.1 Å². The van der Waals surface area contributed by atoms with E-state index in [0.717, 1.165) is 11.8 Å². The fourth-order valence-electron chi connectivity index (χ4n) is 1.63. The second-order valence-electron chi connectivity index (χ2n) is 4.61. The number of nitrogens with one attached hydrogen (secondary N) is 2. The van der Waals surface area contributed by atoms with Crippen molar-refractivity contribution in [2.45, 2.75) is 6.54 Å². The van der Waals surface area contributed by atoms with Gasteiger partial charge in [0.15, 0.2) is 0 Å². The molecule has 0 aliphatic heterocycles. The molecule has 116 valence electrons. The second-order valence-corrected chi connectivity index (χ2v) is 6.88. The molecule has 2 aromatic rings. The predicted octanol–water partition coefficient (Wildman–Crippen LogP) is 2.04. The molecule has 0 aliphatic rings. The van der Waals surface area contributed by atoms with Crippen molar-refractivity contribution in [1.29, 1.82) is 0 Å². The van der Waals surface area contributed by atoms with E-state index < -0.39 is 10.0 Å². The van der Waals surface area contributed by atoms with Gasteiger partial charge in [0.2, 0.25) is 10.0 Å². The molecule has 1 heterocycles. The maximum atomic E-state index is 12.0. The lowest BCUT2D eigenvalue weighted by molar-refractivity contribution is 0.102. The molecule has 1 amide bonds. The first-order chi connectivity index (χ1) is 10.3. The highest BCUT2D eigenvalue weighted by Gasteiger charge is 2.07. The molecule has 0 saturated heterocycles. The lowest BCUT2D eigenvalue weighted by Gasteiger charge is -2.07. The van der Waals surface area contributed by atoms with Crippen molar-refractivity contribution < 1.29 is 13.2 Å². The van der Waals surface area contributed by atoms with Gasteiger partial charge in [-0.05, 0) is 29.8 Å². The Labute approximate surface area is 133 Å². The van der Waals surface area contributed by atoms with Gasteiger partial charge in [0.25, 0.3) is 5.91 Å². The average Bonchev–Trinajstić information content (AvgIpc) is 2.46. The number of rotatable bonds is 5. The van der Waals surface area contributed by atoms with E-state index in [1.807, 2.05) is 0 Å². The van der Waals surface area contributed by atoms with Gasteiger partial charge in [-0.25, -0.2) is 18.1 Å². The zero-order chi connectivity index (χ0) is 16.2. The number of hydrogen-bond donors (Lipinski definition) is 2. The van der Waals surface area contributed by atoms with Crippen molar-refractivity contribution in [3.63, 3.8) is 0 Å². The van der Waals surface area contributed by atoms with E-state index in [4.69, 9.17) is 11.6 Å². The van der Waals surface area contributed by atoms with Gasteiger partial charge in [-0.15, -0.1) is 0 Å². The zero-order valence-electron chi connectivity index (χ0n) is 11.7. The molecule has 1 aromatic carbocycles. The maximum absolute atomic E-state index is 12.0. The third-order valence-corrected chi connectivity index (χ3v) is 3.60. The van der Waals surface area contributed by atoms with Crippen molar-refractivity contribution >= 4 is 33.2 Å². The first-order valence-corrected chi connectivity index (χ1v) is 8.57. The third-order valence-electron chi connectivity index (χ3n) is 2.71. The van der Waals surface area contributed by atoms with E-state index in [1.54, 1.807) is 30.3 Å². The van der Waals surface area contributed by atoms with Crippen molar-refractivity contribution in [3.8, 4) is 0 Å². The molecule has 6 nitrogen and oxygen atoms in total. The number of anilines is 1. The molecule has 0 atom stereocenters. The Hall–Kier alpha value is -1.96. The summed E-state index contributed by atoms with van der Waals surface area (Å²) in [7, 11) is -3.23. The molecular weight excluding hydrogens is 326 g/mol. The van der Waals surface area contributed by atoms with Crippen molar-refractivity contribution in [1.82, 2.24) is 9.71 Å². The quantitative estimate of drug-likeness (QED) is 0.872. The lowest BCUT2D eigenvalue weighted by Crippen LogP contribution is -2.21. The molecule has 2 rings (SSSR count). The van der Waals surface area contributed by atoms with Crippen LogP contribution in [0.3, 0.4) is 0 Å². The molecule has 1 aromatic heterocycles. The van der Waals surface area contributed by atoms with E-state index in [2.05, 4.69) is 15.0 Å². The molecule has 0 bridgehead atoms. The number of carbonyl (C=O) groups is 1. The predicted molar refractivity (Wildman–Crippen MR) is 85.3 cm³/mol. The molecule has 0 spiro atoms. The van der Waals surface area contributed by atoms with Gasteiger partial charge in [0.05, 0.1) is 11.3 Å². The highest BCUT2D eigenvalue weighted by atomic mass is 35.5. The van der Waals surface area contributed by atoms with Crippen LogP contribution in [0.25, 0.3) is 0 Å². The van der Waals surface area contributed by atoms with Crippen molar-refractivity contribution in [3.05, 3.63) is 58.9 Å². The number of aromatic nitrogens is 1. The summed E-state index contributed by atoms with van der Waals surface area (Å²) in [5, 5.41) is 3.15. The summed E-state index contributed by atoms with van der Waals surface area (Å²) < 4.78 is 24.4. The Bertz CT molecular complexity index is 759. The summed E-state index contributed by atoms with van der Waals surface area (Å²) in [6.45, 7) is 0.200. The fourth-order valence-corrected chi connectivity index (χ4v) is 2.17. The van der Waals surface area contributed by atoms with Gasteiger partial charge in [-0.2, -0.15) is 0 Å². The van der Waals surface area contributed by atoms with Gasteiger partial charge in [0, 0.05) is 18.4 Å². The van der Waals surface area contributed by atoms with Crippen LogP contribution in [0.2, 0.25) is 5.02 Å². The highest BCUT2D eigenvalue weighted by Crippen LogP contribution is 2.12. The van der Waals surface area contributed by atoms with Crippen LogP contribution in [0.5, 0.6) is 0 Å². The number of pyridine rings is 1. The second kappa shape index (κ2) is 6.87. The van der Waals surface area contributed by atoms with Crippen LogP contribution in [-0.2, 0) is 16.6 Å². The van der Waals surface area contributed by atoms with Crippen LogP contribution in [0, 0.1) is 0 Å². The van der Waals surface area contributed by atoms with Crippen LogP contribution in [-0.4, -0.2) is 25.6 Å². The molecule has 0 aliphatic carbocycles. The number of amides is 1. The van der Waals surface area contributed by atoms with Crippen LogP contribution in [0.1, 0.15) is 16.1 Å². The van der Waals surface area contributed by atoms with Crippen molar-refractivity contribution in [2.75, 3.05) is 11.6 Å². The molecule has 0 fully saturated rings. The van der Waals surface area contributed by atoms with Crippen LogP contribution in [0.4, 0.5) is 5.69 Å². The number of carbonyl (C=O) groups excluding carboxylic acids is 1. The van der Waals surface area contributed by atoms with E-state index in [1.165, 1.54) is 12.3 Å². The Morgan fingerprint density at radius 2 is 1.86 bits per heavy atom. The summed E-state index contributed by atoms with van der Waals surface area (Å²) >= 11 is 5.71. The van der Waals surface area contributed by atoms with Gasteiger partial charge in [-0.3, -0.25) is 4.79 Å². The minimum atomic E-state index is -3.23. The lowest BCUT2D eigenvalue weighted by atomic mass is 10.2. The fraction of sp³-hybridized carbons (Fsp3) is 0.143. The highest BCUT2D eigenvalue weighted by molar-refractivity contribution is 7.88. The number of hydrogen-bond acceptors (Lipinski definition) is 4. The number of nitrogens with zero attached hydrogens (tertiary/aromatic N) is 1. The average molecular weight is 340 g/mol. The Kier molecular flexibility index (Phi) is 5.12. The minimum Gasteiger partial charge on any atom is -0.321 e. The molecule has 0 radical (unpaired) electrons. The first kappa shape index (κ1) is 16.4. The smallest absolute Gasteiger partial charge is 0.274 e. The van der Waals surface area contributed by atoms with Gasteiger partial charge in [0.1, 0.15) is 5.69 Å². The summed E-state index contributed by atoms with van der Waals surface area (Å²) in [5.41, 5.74) is 1.63. The summed E-state index contributed by atoms with van der Waals surface area (Å²) in [6, 6.07) is 9.94. The summed E-state index contributed by atoms with van der Waals surface area (Å²) in [5.74, 6) is -0.348. The van der Waals surface area contributed by atoms with Crippen molar-refractivity contribution in [2.24, 2.45) is 0 Å². The molecule has 8 heteroatoms. The number of halogens is 1. The molecular formula is C14H14ClN3O3S. The molecule has 2 N–H and O–H groups in total. The normalized spacial score (nSPS) is 11.2. The SMILES string of the molecule is CS(=O)(=O)NCc1ccc(NC(=O)c2ccc(Cl)cn2)cc1. The Morgan fingerprint density at radius 1 is 1.18 bits per heavy atom. The zero-order valence-corrected chi connectivity index (χ0v) is 13.3. The third kappa shape index (κ3) is 5.10. The van der Waals surface area contributed by atoms with Gasteiger partial charge in [-0.1, -0.05) is 23.7 Å². The molecule has 22 heavy (non-hydrogen) atoms. The monoisotopic (exact) mass is 339 g/mol.